The number of carbonyl (C=O) groups is 2. The molecule has 1 aliphatic heterocycles. The zero-order valence-electron chi connectivity index (χ0n) is 10.7. The predicted molar refractivity (Wildman–Crippen MR) is 66.8 cm³/mol. The molecule has 2 heterocycles. The van der Waals surface area contributed by atoms with E-state index in [1.165, 1.54) is 23.4 Å². The van der Waals surface area contributed by atoms with Gasteiger partial charge >= 0.3 is 5.97 Å². The first-order valence-corrected chi connectivity index (χ1v) is 6.15. The molecule has 0 spiro atoms. The van der Waals surface area contributed by atoms with Crippen molar-refractivity contribution in [3.05, 3.63) is 24.0 Å². The van der Waals surface area contributed by atoms with E-state index in [4.69, 9.17) is 0 Å². The van der Waals surface area contributed by atoms with Crippen LogP contribution in [-0.4, -0.2) is 44.1 Å². The molecule has 1 saturated heterocycles. The number of amides is 1. The minimum absolute atomic E-state index is 0.0874. The van der Waals surface area contributed by atoms with E-state index in [2.05, 4.69) is 4.98 Å². The van der Waals surface area contributed by atoms with Gasteiger partial charge in [-0.3, -0.25) is 9.78 Å². The summed E-state index contributed by atoms with van der Waals surface area (Å²) in [6.07, 6.45) is 4.53. The summed E-state index contributed by atoms with van der Waals surface area (Å²) < 4.78 is 0. The standard InChI is InChI=1S/C13H16N2O4/c1-13(12(18)19)5-2-3-7-15(13)11(17)9-4-6-14-8-10(9)16/h4,6,8,16H,2-3,5,7H2,1H3,(H,18,19). The van der Waals surface area contributed by atoms with E-state index in [0.29, 0.717) is 13.0 Å². The number of rotatable bonds is 2. The third-order valence-corrected chi connectivity index (χ3v) is 3.63. The quantitative estimate of drug-likeness (QED) is 0.839. The summed E-state index contributed by atoms with van der Waals surface area (Å²) in [6, 6.07) is 1.40. The Morgan fingerprint density at radius 1 is 1.42 bits per heavy atom. The monoisotopic (exact) mass is 264 g/mol. The van der Waals surface area contributed by atoms with Crippen LogP contribution in [-0.2, 0) is 4.79 Å². The summed E-state index contributed by atoms with van der Waals surface area (Å²) in [4.78, 5) is 28.9. The van der Waals surface area contributed by atoms with E-state index < -0.39 is 17.4 Å². The lowest BCUT2D eigenvalue weighted by atomic mass is 9.88. The number of aromatic nitrogens is 1. The van der Waals surface area contributed by atoms with Crippen LogP contribution >= 0.6 is 0 Å². The van der Waals surface area contributed by atoms with Gasteiger partial charge in [0.25, 0.3) is 5.91 Å². The maximum absolute atomic E-state index is 12.4. The molecule has 0 aliphatic carbocycles. The van der Waals surface area contributed by atoms with Crippen molar-refractivity contribution in [3.63, 3.8) is 0 Å². The fourth-order valence-corrected chi connectivity index (χ4v) is 2.38. The molecule has 1 fully saturated rings. The minimum Gasteiger partial charge on any atom is -0.505 e. The number of carboxylic acid groups (broad SMARTS) is 1. The summed E-state index contributed by atoms with van der Waals surface area (Å²) in [5.41, 5.74) is -1.13. The van der Waals surface area contributed by atoms with E-state index in [1.54, 1.807) is 6.92 Å². The van der Waals surface area contributed by atoms with Gasteiger partial charge in [0, 0.05) is 12.7 Å². The van der Waals surface area contributed by atoms with Crippen LogP contribution in [0.3, 0.4) is 0 Å². The second-order valence-corrected chi connectivity index (χ2v) is 4.89. The third-order valence-electron chi connectivity index (χ3n) is 3.63. The Kier molecular flexibility index (Phi) is 3.42. The van der Waals surface area contributed by atoms with Gasteiger partial charge in [-0.15, -0.1) is 0 Å². The van der Waals surface area contributed by atoms with Crippen molar-refractivity contribution in [2.45, 2.75) is 31.7 Å². The maximum atomic E-state index is 12.4. The number of carbonyl (C=O) groups excluding carboxylic acids is 1. The Hall–Kier alpha value is -2.11. The molecule has 1 aromatic heterocycles. The van der Waals surface area contributed by atoms with Gasteiger partial charge in [-0.05, 0) is 32.3 Å². The molecule has 0 radical (unpaired) electrons. The van der Waals surface area contributed by atoms with Crippen molar-refractivity contribution in [2.75, 3.05) is 6.54 Å². The first-order valence-electron chi connectivity index (χ1n) is 6.15. The van der Waals surface area contributed by atoms with Gasteiger partial charge in [-0.1, -0.05) is 0 Å². The summed E-state index contributed by atoms with van der Waals surface area (Å²) >= 11 is 0. The summed E-state index contributed by atoms with van der Waals surface area (Å²) in [6.45, 7) is 1.92. The highest BCUT2D eigenvalue weighted by Crippen LogP contribution is 2.31. The van der Waals surface area contributed by atoms with Crippen LogP contribution in [0.2, 0.25) is 0 Å². The Morgan fingerprint density at radius 3 is 2.79 bits per heavy atom. The summed E-state index contributed by atoms with van der Waals surface area (Å²) in [7, 11) is 0. The van der Waals surface area contributed by atoms with Crippen LogP contribution in [0, 0.1) is 0 Å². The van der Waals surface area contributed by atoms with Gasteiger partial charge in [0.1, 0.15) is 11.3 Å². The molecule has 2 N–H and O–H groups in total. The normalized spacial score (nSPS) is 23.1. The Morgan fingerprint density at radius 2 is 2.16 bits per heavy atom. The van der Waals surface area contributed by atoms with Gasteiger partial charge in [0.15, 0.2) is 0 Å². The van der Waals surface area contributed by atoms with Gasteiger partial charge in [0.2, 0.25) is 0 Å². The Balaban J connectivity index is 2.36. The fourth-order valence-electron chi connectivity index (χ4n) is 2.38. The first-order chi connectivity index (χ1) is 8.97. The van der Waals surface area contributed by atoms with Crippen molar-refractivity contribution < 1.29 is 19.8 Å². The zero-order chi connectivity index (χ0) is 14.0. The van der Waals surface area contributed by atoms with Crippen LogP contribution < -0.4 is 0 Å². The molecule has 19 heavy (non-hydrogen) atoms. The SMILES string of the molecule is CC1(C(=O)O)CCCCN1C(=O)c1ccncc1O. The van der Waals surface area contributed by atoms with E-state index in [9.17, 15) is 19.8 Å². The van der Waals surface area contributed by atoms with Gasteiger partial charge < -0.3 is 15.1 Å². The van der Waals surface area contributed by atoms with E-state index in [-0.39, 0.29) is 11.3 Å². The van der Waals surface area contributed by atoms with Crippen molar-refractivity contribution in [3.8, 4) is 5.75 Å². The van der Waals surface area contributed by atoms with E-state index in [1.807, 2.05) is 0 Å². The molecule has 2 rings (SSSR count). The largest absolute Gasteiger partial charge is 0.505 e. The third kappa shape index (κ3) is 2.25. The lowest BCUT2D eigenvalue weighted by molar-refractivity contribution is -0.150. The minimum atomic E-state index is -1.22. The second kappa shape index (κ2) is 4.87. The lowest BCUT2D eigenvalue weighted by Crippen LogP contribution is -2.57. The van der Waals surface area contributed by atoms with Crippen molar-refractivity contribution in [2.24, 2.45) is 0 Å². The predicted octanol–water partition coefficient (Wildman–Crippen LogP) is 1.26. The Bertz CT molecular complexity index is 517. The highest BCUT2D eigenvalue weighted by atomic mass is 16.4. The molecular weight excluding hydrogens is 248 g/mol. The molecule has 6 heteroatoms. The molecule has 1 amide bonds. The van der Waals surface area contributed by atoms with Crippen molar-refractivity contribution in [1.82, 2.24) is 9.88 Å². The summed E-state index contributed by atoms with van der Waals surface area (Å²) in [5, 5.41) is 19.0. The number of nitrogens with zero attached hydrogens (tertiary/aromatic N) is 2. The number of hydrogen-bond acceptors (Lipinski definition) is 4. The van der Waals surface area contributed by atoms with Gasteiger partial charge in [0.05, 0.1) is 11.8 Å². The van der Waals surface area contributed by atoms with Crippen molar-refractivity contribution in [1.29, 1.82) is 0 Å². The molecule has 6 nitrogen and oxygen atoms in total. The molecule has 1 unspecified atom stereocenters. The number of aliphatic carboxylic acids is 1. The van der Waals surface area contributed by atoms with Crippen LogP contribution in [0.25, 0.3) is 0 Å². The highest BCUT2D eigenvalue weighted by molar-refractivity contribution is 5.99. The number of hydrogen-bond donors (Lipinski definition) is 2. The highest BCUT2D eigenvalue weighted by Gasteiger charge is 2.44. The van der Waals surface area contributed by atoms with Crippen LogP contribution in [0.1, 0.15) is 36.5 Å². The molecule has 1 aromatic rings. The average molecular weight is 264 g/mol. The summed E-state index contributed by atoms with van der Waals surface area (Å²) in [5.74, 6) is -1.72. The topological polar surface area (TPSA) is 90.7 Å². The number of piperidine rings is 1. The molecule has 1 atom stereocenters. The number of likely N-dealkylation sites (tertiary alicyclic amines) is 1. The van der Waals surface area contributed by atoms with Crippen LogP contribution in [0.5, 0.6) is 5.75 Å². The smallest absolute Gasteiger partial charge is 0.329 e. The van der Waals surface area contributed by atoms with Crippen molar-refractivity contribution >= 4 is 11.9 Å². The maximum Gasteiger partial charge on any atom is 0.329 e. The molecule has 0 saturated carbocycles. The average Bonchev–Trinajstić information content (AvgIpc) is 2.39. The van der Waals surface area contributed by atoms with Gasteiger partial charge in [-0.2, -0.15) is 0 Å². The molecule has 1 aliphatic rings. The fraction of sp³-hybridized carbons (Fsp3) is 0.462. The molecular formula is C13H16N2O4. The van der Waals surface area contributed by atoms with E-state index in [0.717, 1.165) is 12.8 Å². The Labute approximate surface area is 110 Å². The van der Waals surface area contributed by atoms with Crippen LogP contribution in [0.15, 0.2) is 18.5 Å². The second-order valence-electron chi connectivity index (χ2n) is 4.89. The van der Waals surface area contributed by atoms with E-state index >= 15 is 0 Å². The molecule has 0 aromatic carbocycles. The van der Waals surface area contributed by atoms with Gasteiger partial charge in [-0.25, -0.2) is 4.79 Å². The molecule has 0 bridgehead atoms. The lowest BCUT2D eigenvalue weighted by Gasteiger charge is -2.41. The first kappa shape index (κ1) is 13.3. The number of aromatic hydroxyl groups is 1. The zero-order valence-corrected chi connectivity index (χ0v) is 10.7. The number of pyridine rings is 1. The van der Waals surface area contributed by atoms with Crippen LogP contribution in [0.4, 0.5) is 0 Å². The number of carboxylic acids is 1. The molecule has 102 valence electrons.